The molecule has 14 heavy (non-hydrogen) atoms. The highest BCUT2D eigenvalue weighted by Gasteiger charge is 2.05. The summed E-state index contributed by atoms with van der Waals surface area (Å²) < 4.78 is 0. The lowest BCUT2D eigenvalue weighted by Gasteiger charge is -2.16. The van der Waals surface area contributed by atoms with Crippen LogP contribution in [-0.4, -0.2) is 47.3 Å². The van der Waals surface area contributed by atoms with Crippen LogP contribution in [0.25, 0.3) is 0 Å². The molecular formula is C10H19NO3. The summed E-state index contributed by atoms with van der Waals surface area (Å²) in [4.78, 5) is 12.5. The molecule has 0 fully saturated rings. The molecule has 0 radical (unpaired) electrons. The molecule has 0 saturated heterocycles. The topological polar surface area (TPSA) is 60.8 Å². The first-order chi connectivity index (χ1) is 6.47. The highest BCUT2D eigenvalue weighted by Crippen LogP contribution is 2.01. The van der Waals surface area contributed by atoms with E-state index in [1.54, 1.807) is 13.0 Å². The zero-order valence-corrected chi connectivity index (χ0v) is 9.03. The first-order valence-electron chi connectivity index (χ1n) is 4.76. The van der Waals surface area contributed by atoms with Gasteiger partial charge in [-0.2, -0.15) is 0 Å². The molecule has 0 amide bonds. The molecular weight excluding hydrogens is 182 g/mol. The average Bonchev–Trinajstić information content (AvgIpc) is 2.03. The van der Waals surface area contributed by atoms with Crippen molar-refractivity contribution in [2.24, 2.45) is 0 Å². The van der Waals surface area contributed by atoms with Gasteiger partial charge < -0.3 is 15.1 Å². The SMILES string of the molecule is CCC(=CCN(C)CC(C)O)C(=O)O. The smallest absolute Gasteiger partial charge is 0.331 e. The lowest BCUT2D eigenvalue weighted by atomic mass is 10.2. The maximum Gasteiger partial charge on any atom is 0.331 e. The Morgan fingerprint density at radius 1 is 1.57 bits per heavy atom. The third kappa shape index (κ3) is 5.72. The maximum atomic E-state index is 10.6. The minimum Gasteiger partial charge on any atom is -0.478 e. The van der Waals surface area contributed by atoms with Crippen molar-refractivity contribution in [2.75, 3.05) is 20.1 Å². The first kappa shape index (κ1) is 13.1. The lowest BCUT2D eigenvalue weighted by Crippen LogP contribution is -2.27. The summed E-state index contributed by atoms with van der Waals surface area (Å²) in [6, 6.07) is 0. The number of carboxylic acids is 1. The molecule has 0 aromatic heterocycles. The van der Waals surface area contributed by atoms with Crippen molar-refractivity contribution in [1.82, 2.24) is 4.90 Å². The molecule has 0 spiro atoms. The van der Waals surface area contributed by atoms with Gasteiger partial charge in [0, 0.05) is 18.7 Å². The minimum atomic E-state index is -0.863. The van der Waals surface area contributed by atoms with Crippen molar-refractivity contribution < 1.29 is 15.0 Å². The van der Waals surface area contributed by atoms with Crippen LogP contribution in [0.2, 0.25) is 0 Å². The number of hydrogen-bond donors (Lipinski definition) is 2. The Kier molecular flexibility index (Phi) is 6.16. The predicted octanol–water partition coefficient (Wildman–Crippen LogP) is 0.720. The van der Waals surface area contributed by atoms with Gasteiger partial charge in [-0.05, 0) is 20.4 Å². The van der Waals surface area contributed by atoms with Gasteiger partial charge in [0.05, 0.1) is 6.10 Å². The molecule has 1 atom stereocenters. The van der Waals surface area contributed by atoms with E-state index in [1.165, 1.54) is 0 Å². The Balaban J connectivity index is 4.05. The molecule has 0 heterocycles. The van der Waals surface area contributed by atoms with Crippen molar-refractivity contribution in [3.05, 3.63) is 11.6 Å². The van der Waals surface area contributed by atoms with Gasteiger partial charge in [-0.25, -0.2) is 4.79 Å². The second-order valence-corrected chi connectivity index (χ2v) is 3.46. The van der Waals surface area contributed by atoms with Gasteiger partial charge in [-0.1, -0.05) is 13.0 Å². The monoisotopic (exact) mass is 201 g/mol. The second kappa shape index (κ2) is 6.56. The maximum absolute atomic E-state index is 10.6. The van der Waals surface area contributed by atoms with Crippen LogP contribution in [0.5, 0.6) is 0 Å². The van der Waals surface area contributed by atoms with E-state index in [-0.39, 0.29) is 6.10 Å². The van der Waals surface area contributed by atoms with E-state index in [0.717, 1.165) is 0 Å². The number of rotatable bonds is 6. The highest BCUT2D eigenvalue weighted by atomic mass is 16.4. The van der Waals surface area contributed by atoms with Crippen molar-refractivity contribution in [1.29, 1.82) is 0 Å². The first-order valence-corrected chi connectivity index (χ1v) is 4.76. The summed E-state index contributed by atoms with van der Waals surface area (Å²) in [5.74, 6) is -0.863. The van der Waals surface area contributed by atoms with Crippen LogP contribution < -0.4 is 0 Å². The van der Waals surface area contributed by atoms with E-state index in [2.05, 4.69) is 0 Å². The van der Waals surface area contributed by atoms with Crippen molar-refractivity contribution in [3.63, 3.8) is 0 Å². The fourth-order valence-corrected chi connectivity index (χ4v) is 1.17. The summed E-state index contributed by atoms with van der Waals surface area (Å²) in [5.41, 5.74) is 0.419. The van der Waals surface area contributed by atoms with Gasteiger partial charge in [-0.15, -0.1) is 0 Å². The molecule has 0 aromatic rings. The molecule has 2 N–H and O–H groups in total. The molecule has 0 aliphatic rings. The predicted molar refractivity (Wildman–Crippen MR) is 55.2 cm³/mol. The number of aliphatic carboxylic acids is 1. The zero-order valence-electron chi connectivity index (χ0n) is 9.03. The molecule has 0 saturated carbocycles. The van der Waals surface area contributed by atoms with E-state index < -0.39 is 5.97 Å². The minimum absolute atomic E-state index is 0.386. The zero-order chi connectivity index (χ0) is 11.1. The Hall–Kier alpha value is -0.870. The molecule has 0 aromatic carbocycles. The standard InChI is InChI=1S/C10H19NO3/c1-4-9(10(13)14)5-6-11(3)7-8(2)12/h5,8,12H,4,6-7H2,1-3H3,(H,13,14). The Bertz CT molecular complexity index is 211. The quantitative estimate of drug-likeness (QED) is 0.622. The fraction of sp³-hybridized carbons (Fsp3) is 0.700. The van der Waals surface area contributed by atoms with Gasteiger partial charge in [0.1, 0.15) is 0 Å². The Labute approximate surface area is 84.8 Å². The number of carboxylic acid groups (broad SMARTS) is 1. The van der Waals surface area contributed by atoms with Crippen LogP contribution in [0, 0.1) is 0 Å². The fourth-order valence-electron chi connectivity index (χ4n) is 1.17. The Morgan fingerprint density at radius 3 is 2.50 bits per heavy atom. The normalized spacial score (nSPS) is 14.5. The van der Waals surface area contributed by atoms with Crippen molar-refractivity contribution >= 4 is 5.97 Å². The van der Waals surface area contributed by atoms with Crippen molar-refractivity contribution in [3.8, 4) is 0 Å². The molecule has 1 unspecified atom stereocenters. The average molecular weight is 201 g/mol. The lowest BCUT2D eigenvalue weighted by molar-refractivity contribution is -0.132. The molecule has 0 bridgehead atoms. The number of aliphatic hydroxyl groups is 1. The largest absolute Gasteiger partial charge is 0.478 e. The van der Waals surface area contributed by atoms with Crippen LogP contribution in [0.3, 0.4) is 0 Å². The van der Waals surface area contributed by atoms with Crippen LogP contribution in [0.4, 0.5) is 0 Å². The molecule has 82 valence electrons. The van der Waals surface area contributed by atoms with E-state index in [1.807, 2.05) is 18.9 Å². The number of hydrogen-bond acceptors (Lipinski definition) is 3. The summed E-state index contributed by atoms with van der Waals surface area (Å²) in [7, 11) is 1.85. The van der Waals surface area contributed by atoms with Crippen LogP contribution >= 0.6 is 0 Å². The Morgan fingerprint density at radius 2 is 2.14 bits per heavy atom. The van der Waals surface area contributed by atoms with Gasteiger partial charge in [0.2, 0.25) is 0 Å². The highest BCUT2D eigenvalue weighted by molar-refractivity contribution is 5.86. The van der Waals surface area contributed by atoms with Gasteiger partial charge in [0.15, 0.2) is 0 Å². The molecule has 0 aliphatic heterocycles. The van der Waals surface area contributed by atoms with Gasteiger partial charge in [-0.3, -0.25) is 0 Å². The summed E-state index contributed by atoms with van der Waals surface area (Å²) in [6.45, 7) is 4.63. The molecule has 0 aliphatic carbocycles. The van der Waals surface area contributed by atoms with Crippen LogP contribution in [-0.2, 0) is 4.79 Å². The van der Waals surface area contributed by atoms with Gasteiger partial charge >= 0.3 is 5.97 Å². The van der Waals surface area contributed by atoms with Crippen molar-refractivity contribution in [2.45, 2.75) is 26.4 Å². The molecule has 4 heteroatoms. The third-order valence-corrected chi connectivity index (χ3v) is 1.88. The summed E-state index contributed by atoms with van der Waals surface area (Å²) in [6.07, 6.45) is 1.83. The van der Waals surface area contributed by atoms with Gasteiger partial charge in [0.25, 0.3) is 0 Å². The van der Waals surface area contributed by atoms with E-state index in [9.17, 15) is 4.79 Å². The van der Waals surface area contributed by atoms with E-state index in [0.29, 0.717) is 25.1 Å². The van der Waals surface area contributed by atoms with E-state index >= 15 is 0 Å². The number of aliphatic hydroxyl groups excluding tert-OH is 1. The molecule has 4 nitrogen and oxygen atoms in total. The van der Waals surface area contributed by atoms with E-state index in [4.69, 9.17) is 10.2 Å². The second-order valence-electron chi connectivity index (χ2n) is 3.46. The number of nitrogens with zero attached hydrogens (tertiary/aromatic N) is 1. The number of likely N-dealkylation sites (N-methyl/N-ethyl adjacent to an activating group) is 1. The number of carbonyl (C=O) groups is 1. The van der Waals surface area contributed by atoms with Crippen LogP contribution in [0.15, 0.2) is 11.6 Å². The third-order valence-electron chi connectivity index (χ3n) is 1.88. The van der Waals surface area contributed by atoms with Crippen LogP contribution in [0.1, 0.15) is 20.3 Å². The summed E-state index contributed by atoms with van der Waals surface area (Å²) >= 11 is 0. The molecule has 0 rings (SSSR count). The summed E-state index contributed by atoms with van der Waals surface area (Å²) in [5, 5.41) is 17.8.